The average molecular weight is 385 g/mol. The van der Waals surface area contributed by atoms with Crippen LogP contribution in [0, 0.1) is 17.4 Å². The van der Waals surface area contributed by atoms with Crippen molar-refractivity contribution in [1.82, 2.24) is 5.32 Å². The van der Waals surface area contributed by atoms with E-state index in [0.717, 1.165) is 23.4 Å². The van der Waals surface area contributed by atoms with Crippen LogP contribution < -0.4 is 5.32 Å². The van der Waals surface area contributed by atoms with Crippen LogP contribution in [0.5, 0.6) is 0 Å². The summed E-state index contributed by atoms with van der Waals surface area (Å²) in [5.74, 6) is 3.53. The SMILES string of the molecule is CC(C)[C@H](NC(=O)OC(C)(C)C)C1=Nc2ccc(C#C[Si](C)(C)C)cc2C1. The largest absolute Gasteiger partial charge is 0.444 e. The molecule has 1 aromatic rings. The number of alkyl carbamates (subject to hydrolysis) is 1. The highest BCUT2D eigenvalue weighted by atomic mass is 28.3. The van der Waals surface area contributed by atoms with Crippen molar-refractivity contribution in [2.24, 2.45) is 10.9 Å². The monoisotopic (exact) mass is 384 g/mol. The van der Waals surface area contributed by atoms with Gasteiger partial charge in [0.05, 0.1) is 11.7 Å². The minimum atomic E-state index is -1.40. The van der Waals surface area contributed by atoms with Crippen molar-refractivity contribution in [1.29, 1.82) is 0 Å². The number of benzene rings is 1. The second kappa shape index (κ2) is 7.90. The van der Waals surface area contributed by atoms with Gasteiger partial charge in [0.2, 0.25) is 0 Å². The van der Waals surface area contributed by atoms with Crippen molar-refractivity contribution < 1.29 is 9.53 Å². The summed E-state index contributed by atoms with van der Waals surface area (Å²) in [6, 6.07) is 6.04. The number of rotatable bonds is 3. The number of amides is 1. The predicted molar refractivity (Wildman–Crippen MR) is 115 cm³/mol. The van der Waals surface area contributed by atoms with E-state index in [1.54, 1.807) is 0 Å². The van der Waals surface area contributed by atoms with Gasteiger partial charge in [-0.1, -0.05) is 39.4 Å². The molecule has 5 heteroatoms. The molecule has 1 heterocycles. The van der Waals surface area contributed by atoms with E-state index in [-0.39, 0.29) is 12.0 Å². The van der Waals surface area contributed by atoms with Crippen molar-refractivity contribution in [2.45, 2.75) is 72.3 Å². The topological polar surface area (TPSA) is 50.7 Å². The number of aliphatic imine (C=N–C) groups is 1. The van der Waals surface area contributed by atoms with Crippen LogP contribution in [0.1, 0.15) is 45.7 Å². The Morgan fingerprint density at radius 3 is 2.48 bits per heavy atom. The van der Waals surface area contributed by atoms with Crippen molar-refractivity contribution in [3.05, 3.63) is 29.3 Å². The molecule has 1 atom stereocenters. The van der Waals surface area contributed by atoms with Crippen molar-refractivity contribution >= 4 is 25.6 Å². The number of nitrogens with zero attached hydrogens (tertiary/aromatic N) is 1. The van der Waals surface area contributed by atoms with Gasteiger partial charge in [-0.2, -0.15) is 0 Å². The first-order chi connectivity index (χ1) is 12.3. The van der Waals surface area contributed by atoms with Gasteiger partial charge >= 0.3 is 6.09 Å². The lowest BCUT2D eigenvalue weighted by molar-refractivity contribution is 0.0508. The van der Waals surface area contributed by atoms with Gasteiger partial charge in [0, 0.05) is 17.7 Å². The molecule has 0 unspecified atom stereocenters. The number of fused-ring (bicyclic) bond motifs is 1. The molecule has 0 saturated carbocycles. The molecule has 27 heavy (non-hydrogen) atoms. The van der Waals surface area contributed by atoms with Gasteiger partial charge < -0.3 is 10.1 Å². The Morgan fingerprint density at radius 1 is 1.26 bits per heavy atom. The Kier molecular flexibility index (Phi) is 6.21. The van der Waals surface area contributed by atoms with E-state index in [1.807, 2.05) is 32.9 Å². The molecule has 0 aromatic heterocycles. The molecule has 2 rings (SSSR count). The van der Waals surface area contributed by atoms with E-state index in [0.29, 0.717) is 0 Å². The zero-order chi connectivity index (χ0) is 20.4. The maximum atomic E-state index is 12.2. The molecule has 1 aromatic carbocycles. The number of hydrogen-bond acceptors (Lipinski definition) is 3. The molecule has 1 aliphatic rings. The maximum Gasteiger partial charge on any atom is 0.408 e. The Bertz CT molecular complexity index is 802. The first-order valence-electron chi connectivity index (χ1n) is 9.57. The normalized spacial score (nSPS) is 14.8. The lowest BCUT2D eigenvalue weighted by Gasteiger charge is -2.26. The highest BCUT2D eigenvalue weighted by Crippen LogP contribution is 2.29. The third-order valence-corrected chi connectivity index (χ3v) is 4.87. The first-order valence-corrected chi connectivity index (χ1v) is 13.1. The predicted octanol–water partition coefficient (Wildman–Crippen LogP) is 5.09. The van der Waals surface area contributed by atoms with Gasteiger partial charge in [-0.05, 0) is 50.5 Å². The van der Waals surface area contributed by atoms with Crippen LogP contribution in [0.15, 0.2) is 23.2 Å². The Morgan fingerprint density at radius 2 is 1.93 bits per heavy atom. The molecule has 146 valence electrons. The third kappa shape index (κ3) is 6.55. The summed E-state index contributed by atoms with van der Waals surface area (Å²) in [5.41, 5.74) is 7.04. The molecular formula is C22H32N2O2Si. The molecule has 0 spiro atoms. The Hall–Kier alpha value is -2.06. The molecular weight excluding hydrogens is 352 g/mol. The van der Waals surface area contributed by atoms with E-state index < -0.39 is 19.8 Å². The minimum absolute atomic E-state index is 0.149. The van der Waals surface area contributed by atoms with Crippen LogP contribution in [0.4, 0.5) is 10.5 Å². The van der Waals surface area contributed by atoms with Gasteiger partial charge in [-0.15, -0.1) is 5.54 Å². The van der Waals surface area contributed by atoms with Crippen LogP contribution in [0.25, 0.3) is 0 Å². The molecule has 0 radical (unpaired) electrons. The van der Waals surface area contributed by atoms with E-state index in [2.05, 4.69) is 56.3 Å². The van der Waals surface area contributed by atoms with Crippen molar-refractivity contribution in [2.75, 3.05) is 0 Å². The smallest absolute Gasteiger partial charge is 0.408 e. The molecule has 1 aliphatic heterocycles. The lowest BCUT2D eigenvalue weighted by Crippen LogP contribution is -2.46. The number of ether oxygens (including phenoxy) is 1. The first kappa shape index (κ1) is 21.2. The fraction of sp³-hybridized carbons (Fsp3) is 0.545. The standard InChI is InChI=1S/C22H32N2O2Si/c1-15(2)20(24-21(25)26-22(3,4)5)19-14-17-13-16(9-10-18(17)23-19)11-12-27(6,7)8/h9-10,13,15,20H,14H2,1-8H3,(H,24,25)/t20-/m0/s1. The summed E-state index contributed by atoms with van der Waals surface area (Å²) in [6.07, 6.45) is 0.331. The molecule has 4 nitrogen and oxygen atoms in total. The Balaban J connectivity index is 2.16. The summed E-state index contributed by atoms with van der Waals surface area (Å²) in [5, 5.41) is 3.00. The van der Waals surface area contributed by atoms with Crippen LogP contribution in [-0.2, 0) is 11.2 Å². The van der Waals surface area contributed by atoms with Crippen LogP contribution >= 0.6 is 0 Å². The Labute approximate surface area is 164 Å². The molecule has 1 amide bonds. The summed E-state index contributed by atoms with van der Waals surface area (Å²) in [4.78, 5) is 17.0. The highest BCUT2D eigenvalue weighted by Gasteiger charge is 2.28. The van der Waals surface area contributed by atoms with E-state index in [1.165, 1.54) is 5.56 Å². The van der Waals surface area contributed by atoms with E-state index in [9.17, 15) is 4.79 Å². The fourth-order valence-electron chi connectivity index (χ4n) is 2.81. The summed E-state index contributed by atoms with van der Waals surface area (Å²) in [7, 11) is -1.40. The zero-order valence-corrected chi connectivity index (χ0v) is 18.9. The van der Waals surface area contributed by atoms with Gasteiger partial charge in [0.1, 0.15) is 13.7 Å². The summed E-state index contributed by atoms with van der Waals surface area (Å²) in [6.45, 7) is 16.5. The van der Waals surface area contributed by atoms with Crippen LogP contribution in [0.3, 0.4) is 0 Å². The quantitative estimate of drug-likeness (QED) is 0.583. The van der Waals surface area contributed by atoms with Crippen LogP contribution in [-0.4, -0.2) is 31.5 Å². The molecule has 0 aliphatic carbocycles. The molecule has 0 bridgehead atoms. The van der Waals surface area contributed by atoms with Gasteiger partial charge in [-0.3, -0.25) is 4.99 Å². The van der Waals surface area contributed by atoms with Gasteiger partial charge in [0.25, 0.3) is 0 Å². The van der Waals surface area contributed by atoms with Crippen molar-refractivity contribution in [3.8, 4) is 11.5 Å². The average Bonchev–Trinajstić information content (AvgIpc) is 2.90. The fourth-order valence-corrected chi connectivity index (χ4v) is 3.33. The number of carbonyl (C=O) groups is 1. The zero-order valence-electron chi connectivity index (χ0n) is 17.9. The molecule has 0 saturated heterocycles. The molecule has 0 fully saturated rings. The number of hydrogen-bond donors (Lipinski definition) is 1. The van der Waals surface area contributed by atoms with Gasteiger partial charge in [0.15, 0.2) is 0 Å². The minimum Gasteiger partial charge on any atom is -0.444 e. The van der Waals surface area contributed by atoms with Gasteiger partial charge in [-0.25, -0.2) is 4.79 Å². The number of nitrogens with one attached hydrogen (secondary N) is 1. The highest BCUT2D eigenvalue weighted by molar-refractivity contribution is 6.83. The second-order valence-electron chi connectivity index (χ2n) is 9.49. The third-order valence-electron chi connectivity index (χ3n) is 3.99. The van der Waals surface area contributed by atoms with Crippen LogP contribution in [0.2, 0.25) is 19.6 Å². The van der Waals surface area contributed by atoms with E-state index in [4.69, 9.17) is 9.73 Å². The number of carbonyl (C=O) groups excluding carboxylic acids is 1. The summed E-state index contributed by atoms with van der Waals surface area (Å²) < 4.78 is 5.42. The maximum absolute atomic E-state index is 12.2. The summed E-state index contributed by atoms with van der Waals surface area (Å²) >= 11 is 0. The molecule has 1 N–H and O–H groups in total. The van der Waals surface area contributed by atoms with E-state index >= 15 is 0 Å². The van der Waals surface area contributed by atoms with Crippen molar-refractivity contribution in [3.63, 3.8) is 0 Å². The lowest BCUT2D eigenvalue weighted by atomic mass is 9.95. The second-order valence-corrected chi connectivity index (χ2v) is 14.2.